The van der Waals surface area contributed by atoms with E-state index in [1.165, 1.54) is 12.1 Å². The monoisotopic (exact) mass is 503 g/mol. The van der Waals surface area contributed by atoms with E-state index >= 15 is 0 Å². The largest absolute Gasteiger partial charge is 0.487 e. The standard InChI is InChI=1S/C25H30F3NO3.ClH.H2O/c1-23(2)13-18(14-8-7-9-15(10-14)25(26,27)28)16-11-17-20(12-19(16)31-23)32-24(3,4)22(30)21(17)29(5)6;;/h7-12,18,21-22,30H,13H2,1-6H3;1H;1H2/t18?,21?,22-;;/m0../s1. The second-order valence-corrected chi connectivity index (χ2v) is 10.2. The molecular weight excluding hydrogens is 471 g/mol. The molecule has 0 bridgehead atoms. The molecule has 0 saturated heterocycles. The zero-order valence-electron chi connectivity index (χ0n) is 20.2. The van der Waals surface area contributed by atoms with E-state index in [0.29, 0.717) is 23.5 Å². The van der Waals surface area contributed by atoms with Crippen LogP contribution in [-0.2, 0) is 6.18 Å². The first-order chi connectivity index (χ1) is 14.7. The van der Waals surface area contributed by atoms with E-state index in [-0.39, 0.29) is 29.8 Å². The van der Waals surface area contributed by atoms with Crippen LogP contribution in [0.3, 0.4) is 0 Å². The predicted octanol–water partition coefficient (Wildman–Crippen LogP) is 5.13. The maximum Gasteiger partial charge on any atom is 0.416 e. The molecule has 0 amide bonds. The van der Waals surface area contributed by atoms with Gasteiger partial charge in [0.15, 0.2) is 0 Å². The lowest BCUT2D eigenvalue weighted by Crippen LogP contribution is -2.52. The quantitative estimate of drug-likeness (QED) is 0.616. The van der Waals surface area contributed by atoms with Crippen LogP contribution in [-0.4, -0.2) is 46.9 Å². The highest BCUT2D eigenvalue weighted by Gasteiger charge is 2.46. The van der Waals surface area contributed by atoms with E-state index in [1.807, 2.05) is 58.8 Å². The van der Waals surface area contributed by atoms with Gasteiger partial charge in [-0.1, -0.05) is 18.2 Å². The minimum Gasteiger partial charge on any atom is -0.487 e. The van der Waals surface area contributed by atoms with Gasteiger partial charge in [0, 0.05) is 23.1 Å². The summed E-state index contributed by atoms with van der Waals surface area (Å²) in [5.41, 5.74) is 0.179. The summed E-state index contributed by atoms with van der Waals surface area (Å²) in [6.07, 6.45) is -4.66. The van der Waals surface area contributed by atoms with Gasteiger partial charge in [0.2, 0.25) is 0 Å². The van der Waals surface area contributed by atoms with E-state index < -0.39 is 29.0 Å². The summed E-state index contributed by atoms with van der Waals surface area (Å²) in [6.45, 7) is 7.56. The lowest BCUT2D eigenvalue weighted by Gasteiger charge is -2.46. The number of hydrogen-bond donors (Lipinski definition) is 1. The smallest absolute Gasteiger partial charge is 0.416 e. The number of nitrogens with zero attached hydrogens (tertiary/aromatic N) is 1. The van der Waals surface area contributed by atoms with E-state index in [4.69, 9.17) is 9.47 Å². The minimum atomic E-state index is -4.41. The Morgan fingerprint density at radius 2 is 1.59 bits per heavy atom. The number of alkyl halides is 3. The molecule has 0 radical (unpaired) electrons. The molecule has 0 fully saturated rings. The number of ether oxygens (including phenoxy) is 2. The Morgan fingerprint density at radius 1 is 0.971 bits per heavy atom. The highest BCUT2D eigenvalue weighted by Crippen LogP contribution is 2.51. The number of halogens is 4. The molecule has 4 rings (SSSR count). The first-order valence-corrected chi connectivity index (χ1v) is 10.8. The summed E-state index contributed by atoms with van der Waals surface area (Å²) in [7, 11) is 3.78. The number of fused-ring (bicyclic) bond motifs is 2. The first-order valence-electron chi connectivity index (χ1n) is 10.8. The van der Waals surface area contributed by atoms with Gasteiger partial charge >= 0.3 is 6.18 Å². The number of benzene rings is 2. The second kappa shape index (κ2) is 9.22. The molecule has 2 aliphatic heterocycles. The number of rotatable bonds is 2. The molecule has 0 aromatic heterocycles. The van der Waals surface area contributed by atoms with Gasteiger partial charge in [-0.15, -0.1) is 12.4 Å². The lowest BCUT2D eigenvalue weighted by molar-refractivity contribution is -0.137. The normalized spacial score (nSPS) is 24.5. The van der Waals surface area contributed by atoms with Crippen LogP contribution in [0.15, 0.2) is 36.4 Å². The molecule has 3 N–H and O–H groups in total. The Labute approximate surface area is 204 Å². The average Bonchev–Trinajstić information content (AvgIpc) is 2.65. The molecule has 0 aliphatic carbocycles. The molecule has 0 spiro atoms. The fourth-order valence-electron chi connectivity index (χ4n) is 4.90. The van der Waals surface area contributed by atoms with Crippen molar-refractivity contribution in [3.8, 4) is 11.5 Å². The van der Waals surface area contributed by atoms with Crippen molar-refractivity contribution in [1.29, 1.82) is 0 Å². The highest BCUT2D eigenvalue weighted by atomic mass is 35.5. The molecular formula is C25H33ClF3NO4. The number of aliphatic hydroxyl groups is 1. The van der Waals surface area contributed by atoms with Crippen molar-refractivity contribution < 1.29 is 33.2 Å². The Balaban J connectivity index is 0.00000204. The fourth-order valence-corrected chi connectivity index (χ4v) is 4.90. The number of hydrogen-bond acceptors (Lipinski definition) is 4. The molecule has 2 aromatic carbocycles. The van der Waals surface area contributed by atoms with Crippen LogP contribution in [0, 0.1) is 0 Å². The highest BCUT2D eigenvalue weighted by molar-refractivity contribution is 5.85. The zero-order chi connectivity index (χ0) is 23.6. The summed E-state index contributed by atoms with van der Waals surface area (Å²) < 4.78 is 52.6. The van der Waals surface area contributed by atoms with Crippen LogP contribution >= 0.6 is 12.4 Å². The Kier molecular flexibility index (Phi) is 7.66. The van der Waals surface area contributed by atoms with Crippen molar-refractivity contribution in [2.24, 2.45) is 0 Å². The minimum absolute atomic E-state index is 0. The van der Waals surface area contributed by atoms with E-state index in [0.717, 1.165) is 17.2 Å². The van der Waals surface area contributed by atoms with Gasteiger partial charge in [-0.25, -0.2) is 0 Å². The Hall–Kier alpha value is -2.00. The van der Waals surface area contributed by atoms with Crippen molar-refractivity contribution in [2.75, 3.05) is 14.1 Å². The van der Waals surface area contributed by atoms with Gasteiger partial charge in [-0.3, -0.25) is 4.90 Å². The second-order valence-electron chi connectivity index (χ2n) is 10.2. The third-order valence-electron chi connectivity index (χ3n) is 6.48. The molecule has 9 heteroatoms. The van der Waals surface area contributed by atoms with E-state index in [1.54, 1.807) is 6.07 Å². The van der Waals surface area contributed by atoms with Crippen LogP contribution < -0.4 is 9.47 Å². The zero-order valence-corrected chi connectivity index (χ0v) is 21.0. The summed E-state index contributed by atoms with van der Waals surface area (Å²) in [5.74, 6) is 0.946. The number of likely N-dealkylation sites (N-methyl/N-ethyl adjacent to an activating group) is 1. The van der Waals surface area contributed by atoms with Crippen molar-refractivity contribution in [1.82, 2.24) is 4.90 Å². The molecule has 2 heterocycles. The van der Waals surface area contributed by atoms with Gasteiger partial charge in [-0.05, 0) is 65.9 Å². The summed E-state index contributed by atoms with van der Waals surface area (Å²) in [5, 5.41) is 11.0. The predicted molar refractivity (Wildman–Crippen MR) is 127 cm³/mol. The maximum absolute atomic E-state index is 13.4. The van der Waals surface area contributed by atoms with E-state index in [2.05, 4.69) is 0 Å². The molecule has 5 nitrogen and oxygen atoms in total. The molecule has 3 atom stereocenters. The SMILES string of the molecule is CN(C)C1c2cc3c(cc2OC(C)(C)[C@H]1O)OC(C)(C)CC3c1cccc(C(F)(F)F)c1.Cl.O. The Morgan fingerprint density at radius 3 is 2.18 bits per heavy atom. The van der Waals surface area contributed by atoms with Gasteiger partial charge < -0.3 is 20.1 Å². The van der Waals surface area contributed by atoms with Crippen LogP contribution in [0.1, 0.15) is 68.3 Å². The lowest BCUT2D eigenvalue weighted by atomic mass is 9.77. The third kappa shape index (κ3) is 5.00. The Bertz CT molecular complexity index is 1040. The van der Waals surface area contributed by atoms with Gasteiger partial charge in [0.1, 0.15) is 28.8 Å². The molecule has 190 valence electrons. The number of aliphatic hydroxyl groups excluding tert-OH is 1. The van der Waals surface area contributed by atoms with Crippen molar-refractivity contribution in [2.45, 2.75) is 69.6 Å². The van der Waals surface area contributed by atoms with Crippen LogP contribution in [0.25, 0.3) is 0 Å². The molecule has 2 aliphatic rings. The average molecular weight is 504 g/mol. The van der Waals surface area contributed by atoms with Gasteiger partial charge in [-0.2, -0.15) is 13.2 Å². The van der Waals surface area contributed by atoms with Gasteiger partial charge in [0.25, 0.3) is 0 Å². The fraction of sp³-hybridized carbons (Fsp3) is 0.520. The van der Waals surface area contributed by atoms with Crippen molar-refractivity contribution >= 4 is 12.4 Å². The van der Waals surface area contributed by atoms with Crippen LogP contribution in [0.4, 0.5) is 13.2 Å². The molecule has 0 saturated carbocycles. The van der Waals surface area contributed by atoms with E-state index in [9.17, 15) is 18.3 Å². The van der Waals surface area contributed by atoms with Crippen molar-refractivity contribution in [3.63, 3.8) is 0 Å². The van der Waals surface area contributed by atoms with Crippen LogP contribution in [0.5, 0.6) is 11.5 Å². The van der Waals surface area contributed by atoms with Crippen molar-refractivity contribution in [3.05, 3.63) is 58.7 Å². The van der Waals surface area contributed by atoms with Crippen LogP contribution in [0.2, 0.25) is 0 Å². The topological polar surface area (TPSA) is 73.4 Å². The maximum atomic E-state index is 13.4. The molecule has 34 heavy (non-hydrogen) atoms. The molecule has 2 aromatic rings. The summed E-state index contributed by atoms with van der Waals surface area (Å²) in [4.78, 5) is 1.94. The first kappa shape index (κ1) is 28.2. The molecule has 2 unspecified atom stereocenters. The summed E-state index contributed by atoms with van der Waals surface area (Å²) >= 11 is 0. The third-order valence-corrected chi connectivity index (χ3v) is 6.48. The summed E-state index contributed by atoms with van der Waals surface area (Å²) in [6, 6.07) is 8.96. The van der Waals surface area contributed by atoms with Gasteiger partial charge in [0.05, 0.1) is 11.6 Å².